The van der Waals surface area contributed by atoms with Crippen molar-refractivity contribution >= 4 is 11.9 Å². The third kappa shape index (κ3) is 14.3. The molecule has 0 saturated carbocycles. The van der Waals surface area contributed by atoms with Gasteiger partial charge in [0, 0.05) is 11.1 Å². The van der Waals surface area contributed by atoms with E-state index in [2.05, 4.69) is 0 Å². The SMILES string of the molecule is O=C(OCc1ccccc1)c1cc(OCc2ccccc2)c(OCc2ccccc2)c(OCc2ccccc2)c1-c1c(C(=O)OCc2ccccc2)cc(OCc2ccccc2)c(OCc2ccccc2)c1OCc1ccccc1. The van der Waals surface area contributed by atoms with E-state index in [9.17, 15) is 0 Å². The fourth-order valence-electron chi connectivity index (χ4n) is 8.81. The second-order valence-corrected chi connectivity index (χ2v) is 18.7. The zero-order valence-electron chi connectivity index (χ0n) is 44.0. The largest absolute Gasteiger partial charge is 0.485 e. The van der Waals surface area contributed by atoms with Crippen LogP contribution in [0.4, 0.5) is 0 Å². The summed E-state index contributed by atoms with van der Waals surface area (Å²) in [5.41, 5.74) is 6.61. The van der Waals surface area contributed by atoms with E-state index in [1.54, 1.807) is 12.1 Å². The smallest absolute Gasteiger partial charge is 0.339 e. The molecule has 0 aliphatic heterocycles. The summed E-state index contributed by atoms with van der Waals surface area (Å²) in [6.45, 7) is 0.0855. The van der Waals surface area contributed by atoms with Crippen molar-refractivity contribution in [3.05, 3.63) is 310 Å². The van der Waals surface area contributed by atoms with E-state index in [0.717, 1.165) is 44.5 Å². The van der Waals surface area contributed by atoms with E-state index in [0.29, 0.717) is 0 Å². The van der Waals surface area contributed by atoms with Crippen LogP contribution in [0.15, 0.2) is 255 Å². The first-order chi connectivity index (χ1) is 39.5. The fraction of sp³-hybridized carbons (Fsp3) is 0.114. The van der Waals surface area contributed by atoms with Crippen LogP contribution >= 0.6 is 0 Å². The summed E-state index contributed by atoms with van der Waals surface area (Å²) >= 11 is 0. The van der Waals surface area contributed by atoms with Gasteiger partial charge in [-0.2, -0.15) is 0 Å². The zero-order valence-corrected chi connectivity index (χ0v) is 44.0. The van der Waals surface area contributed by atoms with Crippen LogP contribution in [0.2, 0.25) is 0 Å². The summed E-state index contributed by atoms with van der Waals surface area (Å²) in [5.74, 6) is -0.791. The molecule has 0 saturated heterocycles. The van der Waals surface area contributed by atoms with Crippen molar-refractivity contribution in [2.75, 3.05) is 0 Å². The molecule has 10 aromatic carbocycles. The first-order valence-electron chi connectivity index (χ1n) is 26.4. The average molecular weight is 1060 g/mol. The second-order valence-electron chi connectivity index (χ2n) is 18.7. The quantitative estimate of drug-likeness (QED) is 0.0514. The van der Waals surface area contributed by atoms with Gasteiger partial charge in [-0.15, -0.1) is 0 Å². The Kier molecular flexibility index (Phi) is 18.2. The minimum Gasteiger partial charge on any atom is -0.485 e. The molecular formula is C70H58O10. The standard InChI is InChI=1S/C70H58O10/c71-69(79-49-57-37-21-7-22-38-57)59-41-61(73-43-51-25-9-1-10-26-51)65(75-45-53-29-13-3-14-30-53)67(77-47-55-33-17-5-18-34-55)63(59)64-60(70(72)80-50-58-39-23-8-24-40-58)42-62(74-44-52-27-11-2-12-28-52)66(76-46-54-31-15-4-16-32-54)68(64)78-48-56-35-19-6-20-36-56/h1-42H,43-50H2. The second kappa shape index (κ2) is 27.3. The van der Waals surface area contributed by atoms with E-state index >= 15 is 9.59 Å². The van der Waals surface area contributed by atoms with Crippen molar-refractivity contribution in [2.24, 2.45) is 0 Å². The Balaban J connectivity index is 1.28. The summed E-state index contributed by atoms with van der Waals surface area (Å²) in [6.07, 6.45) is 0. The predicted octanol–water partition coefficient (Wildman–Crippen LogP) is 15.5. The minimum atomic E-state index is -0.763. The highest BCUT2D eigenvalue weighted by Gasteiger charge is 2.36. The number of rotatable bonds is 25. The molecule has 10 nitrogen and oxygen atoms in total. The first kappa shape index (κ1) is 53.3. The number of esters is 2. The van der Waals surface area contributed by atoms with Crippen molar-refractivity contribution < 1.29 is 47.5 Å². The van der Waals surface area contributed by atoms with Crippen LogP contribution in [0.3, 0.4) is 0 Å². The Bertz CT molecular complexity index is 3310. The summed E-state index contributed by atoms with van der Waals surface area (Å²) in [7, 11) is 0. The molecule has 0 amide bonds. The van der Waals surface area contributed by atoms with Gasteiger partial charge in [0.15, 0.2) is 23.0 Å². The number of benzene rings is 10. The molecule has 0 bridgehead atoms. The number of ether oxygens (including phenoxy) is 8. The summed E-state index contributed by atoms with van der Waals surface area (Å²) in [5, 5.41) is 0. The van der Waals surface area contributed by atoms with Crippen molar-refractivity contribution in [2.45, 2.75) is 52.9 Å². The number of carbonyl (C=O) groups excluding carboxylic acids is 2. The molecule has 0 fully saturated rings. The molecule has 0 aliphatic carbocycles. The summed E-state index contributed by atoms with van der Waals surface area (Å²) < 4.78 is 54.3. The topological polar surface area (TPSA) is 108 Å². The first-order valence-corrected chi connectivity index (χ1v) is 26.4. The normalized spacial score (nSPS) is 10.8. The zero-order chi connectivity index (χ0) is 54.6. The molecule has 0 atom stereocenters. The third-order valence-electron chi connectivity index (χ3n) is 12.9. The molecule has 0 spiro atoms. The van der Waals surface area contributed by atoms with Crippen molar-refractivity contribution in [3.8, 4) is 45.6 Å². The Morgan fingerprint density at radius 2 is 0.438 bits per heavy atom. The van der Waals surface area contributed by atoms with Crippen LogP contribution in [0.1, 0.15) is 65.2 Å². The molecule has 0 N–H and O–H groups in total. The fourth-order valence-corrected chi connectivity index (χ4v) is 8.81. The minimum absolute atomic E-state index is 0.0141. The lowest BCUT2D eigenvalue weighted by molar-refractivity contribution is 0.0460. The van der Waals surface area contributed by atoms with Gasteiger partial charge in [0.25, 0.3) is 0 Å². The van der Waals surface area contributed by atoms with Crippen LogP contribution in [0, 0.1) is 0 Å². The highest BCUT2D eigenvalue weighted by molar-refractivity contribution is 6.08. The van der Waals surface area contributed by atoms with Gasteiger partial charge in [0.1, 0.15) is 52.9 Å². The van der Waals surface area contributed by atoms with Gasteiger partial charge >= 0.3 is 11.9 Å². The average Bonchev–Trinajstić information content (AvgIpc) is 3.68. The van der Waals surface area contributed by atoms with E-state index < -0.39 is 11.9 Å². The molecule has 10 heteroatoms. The van der Waals surface area contributed by atoms with Crippen molar-refractivity contribution in [1.82, 2.24) is 0 Å². The highest BCUT2D eigenvalue weighted by atomic mass is 16.6. The molecule has 0 aliphatic rings. The van der Waals surface area contributed by atoms with Gasteiger partial charge in [-0.25, -0.2) is 9.59 Å². The predicted molar refractivity (Wildman–Crippen MR) is 308 cm³/mol. The lowest BCUT2D eigenvalue weighted by atomic mass is 9.91. The van der Waals surface area contributed by atoms with Gasteiger partial charge in [-0.05, 0) is 56.6 Å². The van der Waals surface area contributed by atoms with Crippen molar-refractivity contribution in [3.63, 3.8) is 0 Å². The molecule has 0 unspecified atom stereocenters. The molecule has 10 rings (SSSR count). The van der Waals surface area contributed by atoms with E-state index in [1.807, 2.05) is 243 Å². The lowest BCUT2D eigenvalue weighted by Crippen LogP contribution is -2.16. The van der Waals surface area contributed by atoms with Gasteiger partial charge in [-0.3, -0.25) is 0 Å². The molecule has 0 aromatic heterocycles. The molecule has 80 heavy (non-hydrogen) atoms. The Morgan fingerprint density at radius 1 is 0.237 bits per heavy atom. The van der Waals surface area contributed by atoms with Crippen molar-refractivity contribution in [1.29, 1.82) is 0 Å². The number of hydrogen-bond donors (Lipinski definition) is 0. The van der Waals surface area contributed by atoms with Gasteiger partial charge < -0.3 is 37.9 Å². The Labute approximate surface area is 466 Å². The Hall–Kier alpha value is -10.1. The van der Waals surface area contributed by atoms with E-state index in [1.165, 1.54) is 0 Å². The van der Waals surface area contributed by atoms with Gasteiger partial charge in [0.2, 0.25) is 11.5 Å². The molecular weight excluding hydrogens is 1000 g/mol. The van der Waals surface area contributed by atoms with Crippen LogP contribution < -0.4 is 28.4 Å². The van der Waals surface area contributed by atoms with E-state index in [4.69, 9.17) is 37.9 Å². The molecule has 398 valence electrons. The third-order valence-corrected chi connectivity index (χ3v) is 12.9. The highest BCUT2D eigenvalue weighted by Crippen LogP contribution is 2.56. The molecule has 10 aromatic rings. The van der Waals surface area contributed by atoms with Crippen LogP contribution in [0.5, 0.6) is 34.5 Å². The van der Waals surface area contributed by atoms with Crippen LogP contribution in [-0.2, 0) is 62.3 Å². The number of carbonyl (C=O) groups is 2. The summed E-state index contributed by atoms with van der Waals surface area (Å²) in [6, 6.07) is 79.9. The van der Waals surface area contributed by atoms with Crippen LogP contribution in [-0.4, -0.2) is 11.9 Å². The molecule has 0 radical (unpaired) electrons. The van der Waals surface area contributed by atoms with E-state index in [-0.39, 0.29) is 110 Å². The number of hydrogen-bond acceptors (Lipinski definition) is 10. The maximum Gasteiger partial charge on any atom is 0.339 e. The Morgan fingerprint density at radius 3 is 0.675 bits per heavy atom. The van der Waals surface area contributed by atoms with Gasteiger partial charge in [-0.1, -0.05) is 243 Å². The maximum atomic E-state index is 15.6. The van der Waals surface area contributed by atoms with Crippen LogP contribution in [0.25, 0.3) is 11.1 Å². The monoisotopic (exact) mass is 1060 g/mol. The van der Waals surface area contributed by atoms with Gasteiger partial charge in [0.05, 0.1) is 11.1 Å². The lowest BCUT2D eigenvalue weighted by Gasteiger charge is -2.27. The maximum absolute atomic E-state index is 15.6. The summed E-state index contributed by atoms with van der Waals surface area (Å²) in [4.78, 5) is 31.1. The molecule has 0 heterocycles.